The fraction of sp³-hybridized carbons (Fsp3) is 0.500. The van der Waals surface area contributed by atoms with Crippen LogP contribution in [0, 0.1) is 0 Å². The first-order chi connectivity index (χ1) is 22.4. The van der Waals surface area contributed by atoms with Gasteiger partial charge in [0.05, 0.1) is 7.11 Å². The number of nitrogens with one attached hydrogen (secondary N) is 2. The molecule has 1 aliphatic carbocycles. The van der Waals surface area contributed by atoms with E-state index in [0.29, 0.717) is 37.4 Å². The molecule has 2 saturated heterocycles. The van der Waals surface area contributed by atoms with Gasteiger partial charge in [0, 0.05) is 49.8 Å². The summed E-state index contributed by atoms with van der Waals surface area (Å²) in [6.45, 7) is 0.779. The molecule has 47 heavy (non-hydrogen) atoms. The van der Waals surface area contributed by atoms with Crippen molar-refractivity contribution in [2.45, 2.75) is 80.6 Å². The van der Waals surface area contributed by atoms with Gasteiger partial charge in [-0.2, -0.15) is 0 Å². The number of methoxy groups -OCH3 is 1. The Morgan fingerprint density at radius 2 is 1.81 bits per heavy atom. The van der Waals surface area contributed by atoms with Gasteiger partial charge in [-0.15, -0.1) is 0 Å². The topological polar surface area (TPSA) is 230 Å². The number of rotatable bonds is 9. The highest BCUT2D eigenvalue weighted by Crippen LogP contribution is 2.47. The van der Waals surface area contributed by atoms with Crippen LogP contribution in [0.25, 0.3) is 22.3 Å². The number of aliphatic hydroxyl groups excluding tert-OH is 2. The minimum atomic E-state index is -2.42. The number of hydrogen-bond donors (Lipinski definition) is 8. The first-order valence-corrected chi connectivity index (χ1v) is 15.4. The molecule has 6 rings (SSSR count). The number of hydrogen-bond acceptors (Lipinski definition) is 14. The Bertz CT molecular complexity index is 1670. The van der Waals surface area contributed by atoms with E-state index in [0.717, 1.165) is 6.42 Å². The standard InChI is InChI=1S/C32H38N2O13/c1-43-18-7-5-16(6-8-18)20-11-19(35)23-21(44-20)12-22(26(24(23)36)47-31(41)9-3-2-4-10-31)45-30-25(37)27(38)32(42,28(46-30)29(39)40)13-17-14-33-15-34-17/h5-8,11-12,17,25,27-28,30,33-34,36-38,41-42H,2-4,9-10,13-15H2,1H3,(H,39,40)/t17-,25+,27-,28+,30+,32-/m0/s1. The molecular formula is C32H38N2O13. The van der Waals surface area contributed by atoms with Crippen LogP contribution < -0.4 is 30.3 Å². The Morgan fingerprint density at radius 1 is 1.09 bits per heavy atom. The van der Waals surface area contributed by atoms with Crippen LogP contribution in [-0.2, 0) is 9.53 Å². The van der Waals surface area contributed by atoms with E-state index in [1.165, 1.54) is 19.2 Å². The predicted octanol–water partition coefficient (Wildman–Crippen LogP) is 0.756. The minimum absolute atomic E-state index is 0.130. The number of phenolic OH excluding ortho intramolecular Hbond substituents is 1. The average Bonchev–Trinajstić information content (AvgIpc) is 3.56. The van der Waals surface area contributed by atoms with E-state index in [-0.39, 0.29) is 36.0 Å². The molecule has 8 N–H and O–H groups in total. The molecule has 15 nitrogen and oxygen atoms in total. The van der Waals surface area contributed by atoms with Crippen molar-refractivity contribution in [1.29, 1.82) is 0 Å². The Balaban J connectivity index is 1.41. The Labute approximate surface area is 268 Å². The summed E-state index contributed by atoms with van der Waals surface area (Å²) in [4.78, 5) is 25.7. The van der Waals surface area contributed by atoms with Crippen molar-refractivity contribution in [1.82, 2.24) is 10.6 Å². The number of aliphatic carboxylic acids is 1. The molecule has 0 amide bonds. The molecule has 6 atom stereocenters. The lowest BCUT2D eigenvalue weighted by Crippen LogP contribution is -2.70. The summed E-state index contributed by atoms with van der Waals surface area (Å²) in [7, 11) is 1.51. The van der Waals surface area contributed by atoms with Crippen molar-refractivity contribution < 1.29 is 58.8 Å². The largest absolute Gasteiger partial charge is 0.504 e. The highest BCUT2D eigenvalue weighted by Gasteiger charge is 2.59. The van der Waals surface area contributed by atoms with Crippen LogP contribution in [0.5, 0.6) is 23.0 Å². The van der Waals surface area contributed by atoms with Gasteiger partial charge in [0.2, 0.25) is 17.8 Å². The number of carbonyl (C=O) groups is 1. The zero-order chi connectivity index (χ0) is 33.5. The SMILES string of the molecule is COc1ccc(-c2cc(=O)c3c(O)c(OC4(O)CCCCC4)c(O[C@@H]4O[C@H](C(=O)O)[C@](O)(C[C@H]5CNCN5)[C@@H](O)[C@H]4O)cc3o2)cc1. The van der Waals surface area contributed by atoms with Crippen molar-refractivity contribution in [2.75, 3.05) is 20.3 Å². The smallest absolute Gasteiger partial charge is 0.336 e. The van der Waals surface area contributed by atoms with Crippen molar-refractivity contribution in [2.24, 2.45) is 0 Å². The van der Waals surface area contributed by atoms with Crippen LogP contribution in [-0.4, -0.2) is 99.0 Å². The maximum atomic E-state index is 13.4. The molecule has 0 radical (unpaired) electrons. The Hall–Kier alpha value is -3.96. The quantitative estimate of drug-likeness (QED) is 0.148. The molecule has 3 aliphatic rings. The number of fused-ring (bicyclic) bond motifs is 1. The lowest BCUT2D eigenvalue weighted by atomic mass is 9.79. The van der Waals surface area contributed by atoms with E-state index in [4.69, 9.17) is 23.4 Å². The summed E-state index contributed by atoms with van der Waals surface area (Å²) in [5.41, 5.74) is -2.72. The molecule has 3 aromatic rings. The molecule has 1 aromatic heterocycles. The Kier molecular flexibility index (Phi) is 9.06. The summed E-state index contributed by atoms with van der Waals surface area (Å²) in [5, 5.41) is 72.0. The average molecular weight is 659 g/mol. The number of carboxylic acids is 1. The van der Waals surface area contributed by atoms with E-state index in [1.807, 2.05) is 0 Å². The second-order valence-electron chi connectivity index (χ2n) is 12.2. The highest BCUT2D eigenvalue weighted by atomic mass is 16.7. The third-order valence-electron chi connectivity index (χ3n) is 9.00. The van der Waals surface area contributed by atoms with Gasteiger partial charge in [0.25, 0.3) is 0 Å². The van der Waals surface area contributed by atoms with E-state index >= 15 is 0 Å². The maximum Gasteiger partial charge on any atom is 0.336 e. The molecule has 0 unspecified atom stereocenters. The van der Waals surface area contributed by atoms with Crippen LogP contribution in [0.2, 0.25) is 0 Å². The van der Waals surface area contributed by atoms with Crippen LogP contribution in [0.15, 0.2) is 45.6 Å². The van der Waals surface area contributed by atoms with Gasteiger partial charge in [-0.3, -0.25) is 4.79 Å². The van der Waals surface area contributed by atoms with Gasteiger partial charge in [-0.25, -0.2) is 4.79 Å². The number of aliphatic hydroxyl groups is 4. The molecule has 2 aromatic carbocycles. The van der Waals surface area contributed by atoms with Crippen molar-refractivity contribution in [3.8, 4) is 34.3 Å². The van der Waals surface area contributed by atoms with Crippen molar-refractivity contribution in [3.63, 3.8) is 0 Å². The number of carboxylic acid groups (broad SMARTS) is 1. The third-order valence-corrected chi connectivity index (χ3v) is 9.00. The second-order valence-corrected chi connectivity index (χ2v) is 12.2. The van der Waals surface area contributed by atoms with Crippen molar-refractivity contribution >= 4 is 16.9 Å². The molecule has 15 heteroatoms. The molecule has 254 valence electrons. The van der Waals surface area contributed by atoms with Gasteiger partial charge >= 0.3 is 5.97 Å². The molecule has 2 aliphatic heterocycles. The second kappa shape index (κ2) is 12.9. The molecule has 1 saturated carbocycles. The van der Waals surface area contributed by atoms with E-state index in [9.17, 15) is 40.2 Å². The van der Waals surface area contributed by atoms with Crippen molar-refractivity contribution in [3.05, 3.63) is 46.6 Å². The normalized spacial score (nSPS) is 29.0. The van der Waals surface area contributed by atoms with Gasteiger partial charge < -0.3 is 64.6 Å². The van der Waals surface area contributed by atoms with Gasteiger partial charge in [0.1, 0.15) is 40.3 Å². The van der Waals surface area contributed by atoms with E-state index in [1.54, 1.807) is 24.3 Å². The van der Waals surface area contributed by atoms with Crippen LogP contribution in [0.3, 0.4) is 0 Å². The Morgan fingerprint density at radius 3 is 2.45 bits per heavy atom. The van der Waals surface area contributed by atoms with Gasteiger partial charge in [0.15, 0.2) is 23.0 Å². The van der Waals surface area contributed by atoms with Crippen LogP contribution in [0.1, 0.15) is 38.5 Å². The van der Waals surface area contributed by atoms with Crippen LogP contribution >= 0.6 is 0 Å². The number of benzene rings is 2. The van der Waals surface area contributed by atoms with Gasteiger partial charge in [-0.05, 0) is 43.5 Å². The lowest BCUT2D eigenvalue weighted by molar-refractivity contribution is -0.307. The molecule has 0 bridgehead atoms. The van der Waals surface area contributed by atoms with E-state index < -0.39 is 70.7 Å². The van der Waals surface area contributed by atoms with Gasteiger partial charge in [-0.1, -0.05) is 6.42 Å². The molecule has 3 fully saturated rings. The minimum Gasteiger partial charge on any atom is -0.504 e. The molecular weight excluding hydrogens is 620 g/mol. The number of ether oxygens (including phenoxy) is 4. The third kappa shape index (κ3) is 6.35. The van der Waals surface area contributed by atoms with E-state index in [2.05, 4.69) is 10.6 Å². The zero-order valence-electron chi connectivity index (χ0n) is 25.5. The monoisotopic (exact) mass is 658 g/mol. The number of phenols is 1. The summed E-state index contributed by atoms with van der Waals surface area (Å²) < 4.78 is 28.6. The summed E-state index contributed by atoms with van der Waals surface area (Å²) in [5.74, 6) is -4.27. The lowest BCUT2D eigenvalue weighted by Gasteiger charge is -2.47. The fourth-order valence-corrected chi connectivity index (χ4v) is 6.47. The maximum absolute atomic E-state index is 13.4. The molecule has 0 spiro atoms. The summed E-state index contributed by atoms with van der Waals surface area (Å²) in [6, 6.07) is 8.59. The van der Waals surface area contributed by atoms with Crippen LogP contribution in [0.4, 0.5) is 0 Å². The molecule has 3 heterocycles. The first-order valence-electron chi connectivity index (χ1n) is 15.4. The fourth-order valence-electron chi connectivity index (χ4n) is 6.47. The number of aromatic hydroxyl groups is 1. The zero-order valence-corrected chi connectivity index (χ0v) is 25.5. The highest BCUT2D eigenvalue weighted by molar-refractivity contribution is 5.89. The first kappa shape index (κ1) is 33.0. The summed E-state index contributed by atoms with van der Waals surface area (Å²) in [6.07, 6.45) is -5.79. The predicted molar refractivity (Wildman–Crippen MR) is 163 cm³/mol. The summed E-state index contributed by atoms with van der Waals surface area (Å²) >= 11 is 0.